The number of rotatable bonds is 8. The number of ether oxygens (including phenoxy) is 1. The highest BCUT2D eigenvalue weighted by molar-refractivity contribution is 5.93. The van der Waals surface area contributed by atoms with Gasteiger partial charge in [0, 0.05) is 6.04 Å². The molecule has 6 nitrogen and oxygen atoms in total. The van der Waals surface area contributed by atoms with Gasteiger partial charge in [-0.1, -0.05) is 12.1 Å². The number of carbonyl (C=O) groups is 2. The van der Waals surface area contributed by atoms with Gasteiger partial charge in [-0.2, -0.15) is 0 Å². The third-order valence-electron chi connectivity index (χ3n) is 2.90. The van der Waals surface area contributed by atoms with Gasteiger partial charge in [-0.3, -0.25) is 9.59 Å². The zero-order chi connectivity index (χ0) is 14.4. The standard InChI is InChI=1S/C14H19N3O3/c15-13(18)7-8-20-12-4-2-1-3-11(12)17-14(19)9-16-10-5-6-10/h1-4,10,16H,5-9H2,(H2,15,18)(H,17,19). The summed E-state index contributed by atoms with van der Waals surface area (Å²) in [6.07, 6.45) is 2.42. The Bertz CT molecular complexity index is 486. The van der Waals surface area contributed by atoms with E-state index in [0.717, 1.165) is 12.8 Å². The Balaban J connectivity index is 1.85. The third kappa shape index (κ3) is 4.89. The van der Waals surface area contributed by atoms with E-state index < -0.39 is 5.91 Å². The fourth-order valence-corrected chi connectivity index (χ4v) is 1.68. The fraction of sp³-hybridized carbons (Fsp3) is 0.429. The molecule has 0 atom stereocenters. The molecule has 0 heterocycles. The molecule has 0 radical (unpaired) electrons. The van der Waals surface area contributed by atoms with Gasteiger partial charge < -0.3 is 21.1 Å². The monoisotopic (exact) mass is 277 g/mol. The lowest BCUT2D eigenvalue weighted by molar-refractivity contribution is -0.118. The summed E-state index contributed by atoms with van der Waals surface area (Å²) in [5, 5.41) is 5.93. The van der Waals surface area contributed by atoms with Gasteiger partial charge in [-0.15, -0.1) is 0 Å². The van der Waals surface area contributed by atoms with Crippen LogP contribution in [0, 0.1) is 0 Å². The first-order valence-corrected chi connectivity index (χ1v) is 6.68. The molecule has 1 fully saturated rings. The van der Waals surface area contributed by atoms with Crippen molar-refractivity contribution >= 4 is 17.5 Å². The van der Waals surface area contributed by atoms with Crippen LogP contribution in [0.25, 0.3) is 0 Å². The van der Waals surface area contributed by atoms with E-state index >= 15 is 0 Å². The lowest BCUT2D eigenvalue weighted by Gasteiger charge is -2.12. The van der Waals surface area contributed by atoms with E-state index in [1.54, 1.807) is 18.2 Å². The first-order chi connectivity index (χ1) is 9.65. The van der Waals surface area contributed by atoms with Crippen molar-refractivity contribution in [3.8, 4) is 5.75 Å². The normalized spacial score (nSPS) is 13.8. The van der Waals surface area contributed by atoms with Crippen LogP contribution in [0.2, 0.25) is 0 Å². The second-order valence-electron chi connectivity index (χ2n) is 4.76. The van der Waals surface area contributed by atoms with E-state index in [-0.39, 0.29) is 18.9 Å². The highest BCUT2D eigenvalue weighted by atomic mass is 16.5. The molecule has 0 saturated heterocycles. The molecule has 1 aromatic carbocycles. The maximum atomic E-state index is 11.8. The quantitative estimate of drug-likeness (QED) is 0.649. The summed E-state index contributed by atoms with van der Waals surface area (Å²) in [6, 6.07) is 7.60. The van der Waals surface area contributed by atoms with Gasteiger partial charge in [0.25, 0.3) is 0 Å². The highest BCUT2D eigenvalue weighted by Crippen LogP contribution is 2.24. The van der Waals surface area contributed by atoms with Crippen LogP contribution in [0.15, 0.2) is 24.3 Å². The maximum Gasteiger partial charge on any atom is 0.238 e. The predicted molar refractivity (Wildman–Crippen MR) is 75.4 cm³/mol. The van der Waals surface area contributed by atoms with Gasteiger partial charge in [0.2, 0.25) is 11.8 Å². The van der Waals surface area contributed by atoms with Gasteiger partial charge in [0.15, 0.2) is 0 Å². The number of benzene rings is 1. The van der Waals surface area contributed by atoms with E-state index in [1.807, 2.05) is 6.07 Å². The van der Waals surface area contributed by atoms with Crippen molar-refractivity contribution in [2.75, 3.05) is 18.5 Å². The van der Waals surface area contributed by atoms with Gasteiger partial charge in [0.05, 0.1) is 25.3 Å². The van der Waals surface area contributed by atoms with Gasteiger partial charge in [-0.25, -0.2) is 0 Å². The second-order valence-corrected chi connectivity index (χ2v) is 4.76. The summed E-state index contributed by atoms with van der Waals surface area (Å²) in [5.41, 5.74) is 5.65. The number of anilines is 1. The molecule has 0 spiro atoms. The van der Waals surface area contributed by atoms with Crippen molar-refractivity contribution in [2.24, 2.45) is 5.73 Å². The predicted octanol–water partition coefficient (Wildman–Crippen LogP) is 0.631. The minimum absolute atomic E-state index is 0.108. The van der Waals surface area contributed by atoms with E-state index in [1.165, 1.54) is 0 Å². The molecule has 1 aliphatic rings. The molecule has 108 valence electrons. The molecule has 1 saturated carbocycles. The minimum Gasteiger partial charge on any atom is -0.491 e. The summed E-state index contributed by atoms with van der Waals surface area (Å²) >= 11 is 0. The average molecular weight is 277 g/mol. The lowest BCUT2D eigenvalue weighted by atomic mass is 10.3. The molecule has 1 aromatic rings. The van der Waals surface area contributed by atoms with Crippen LogP contribution in [0.5, 0.6) is 5.75 Å². The molecule has 1 aliphatic carbocycles. The van der Waals surface area contributed by atoms with Crippen molar-refractivity contribution in [1.82, 2.24) is 5.32 Å². The minimum atomic E-state index is -0.417. The maximum absolute atomic E-state index is 11.8. The molecule has 2 amide bonds. The smallest absolute Gasteiger partial charge is 0.238 e. The number of nitrogens with two attached hydrogens (primary N) is 1. The molecule has 0 aliphatic heterocycles. The number of para-hydroxylation sites is 2. The SMILES string of the molecule is NC(=O)CCOc1ccccc1NC(=O)CNC1CC1. The summed E-state index contributed by atoms with van der Waals surface area (Å²) in [7, 11) is 0. The molecule has 0 bridgehead atoms. The molecule has 2 rings (SSSR count). The van der Waals surface area contributed by atoms with Crippen LogP contribution < -0.4 is 21.1 Å². The summed E-state index contributed by atoms with van der Waals surface area (Å²) in [5.74, 6) is 0.0107. The summed E-state index contributed by atoms with van der Waals surface area (Å²) in [6.45, 7) is 0.489. The number of carbonyl (C=O) groups excluding carboxylic acids is 2. The molecule has 0 aromatic heterocycles. The van der Waals surface area contributed by atoms with Crippen LogP contribution in [0.3, 0.4) is 0 Å². The van der Waals surface area contributed by atoms with Gasteiger partial charge >= 0.3 is 0 Å². The fourth-order valence-electron chi connectivity index (χ4n) is 1.68. The number of amides is 2. The highest BCUT2D eigenvalue weighted by Gasteiger charge is 2.21. The van der Waals surface area contributed by atoms with E-state index in [4.69, 9.17) is 10.5 Å². The van der Waals surface area contributed by atoms with Gasteiger partial charge in [-0.05, 0) is 25.0 Å². The second kappa shape index (κ2) is 6.91. The number of hydrogen-bond donors (Lipinski definition) is 3. The Morgan fingerprint density at radius 2 is 2.05 bits per heavy atom. The van der Waals surface area contributed by atoms with E-state index in [2.05, 4.69) is 10.6 Å². The Kier molecular flexibility index (Phi) is 4.95. The first-order valence-electron chi connectivity index (χ1n) is 6.68. The average Bonchev–Trinajstić information content (AvgIpc) is 3.22. The topological polar surface area (TPSA) is 93.5 Å². The van der Waals surface area contributed by atoms with Gasteiger partial charge in [0.1, 0.15) is 5.75 Å². The van der Waals surface area contributed by atoms with Crippen LogP contribution in [-0.2, 0) is 9.59 Å². The Morgan fingerprint density at radius 1 is 1.30 bits per heavy atom. The summed E-state index contributed by atoms with van der Waals surface area (Å²) in [4.78, 5) is 22.4. The van der Waals surface area contributed by atoms with Crippen LogP contribution >= 0.6 is 0 Å². The molecular formula is C14H19N3O3. The largest absolute Gasteiger partial charge is 0.491 e. The first kappa shape index (κ1) is 14.3. The van der Waals surface area contributed by atoms with Crippen LogP contribution in [-0.4, -0.2) is 31.0 Å². The van der Waals surface area contributed by atoms with Crippen molar-refractivity contribution in [1.29, 1.82) is 0 Å². The van der Waals surface area contributed by atoms with E-state index in [9.17, 15) is 9.59 Å². The van der Waals surface area contributed by atoms with Crippen molar-refractivity contribution in [2.45, 2.75) is 25.3 Å². The number of nitrogens with one attached hydrogen (secondary N) is 2. The van der Waals surface area contributed by atoms with Crippen molar-refractivity contribution in [3.63, 3.8) is 0 Å². The zero-order valence-corrected chi connectivity index (χ0v) is 11.2. The van der Waals surface area contributed by atoms with Crippen LogP contribution in [0.4, 0.5) is 5.69 Å². The Labute approximate surface area is 117 Å². The number of primary amides is 1. The van der Waals surface area contributed by atoms with Crippen molar-refractivity contribution in [3.05, 3.63) is 24.3 Å². The van der Waals surface area contributed by atoms with Crippen molar-refractivity contribution < 1.29 is 14.3 Å². The Hall–Kier alpha value is -2.08. The number of hydrogen-bond acceptors (Lipinski definition) is 4. The third-order valence-corrected chi connectivity index (χ3v) is 2.90. The van der Waals surface area contributed by atoms with Crippen LogP contribution in [0.1, 0.15) is 19.3 Å². The van der Waals surface area contributed by atoms with E-state index in [0.29, 0.717) is 24.0 Å². The molecular weight excluding hydrogens is 258 g/mol. The summed E-state index contributed by atoms with van der Waals surface area (Å²) < 4.78 is 5.45. The molecule has 6 heteroatoms. The molecule has 4 N–H and O–H groups in total. The molecule has 0 unspecified atom stereocenters. The zero-order valence-electron chi connectivity index (χ0n) is 11.2. The molecule has 20 heavy (non-hydrogen) atoms. The lowest BCUT2D eigenvalue weighted by Crippen LogP contribution is -2.29. The Morgan fingerprint density at radius 3 is 2.75 bits per heavy atom.